The average Bonchev–Trinajstić information content (AvgIpc) is 3.27. The fourth-order valence-electron chi connectivity index (χ4n) is 4.12. The molecule has 10 nitrogen and oxygen atoms in total. The third-order valence-electron chi connectivity index (χ3n) is 5.65. The second kappa shape index (κ2) is 10.8. The number of carbonyl (C=O) groups is 4. The van der Waals surface area contributed by atoms with Crippen LogP contribution in [0.5, 0.6) is 0 Å². The molecule has 0 radical (unpaired) electrons. The highest BCUT2D eigenvalue weighted by Gasteiger charge is 2.40. The molecular formula is C25H28N4O6. The molecule has 0 saturated carbocycles. The van der Waals surface area contributed by atoms with E-state index in [1.54, 1.807) is 4.90 Å². The van der Waals surface area contributed by atoms with Crippen LogP contribution in [0.4, 0.5) is 0 Å². The molecule has 0 bridgehead atoms. The Kier molecular flexibility index (Phi) is 7.87. The van der Waals surface area contributed by atoms with Crippen molar-refractivity contribution in [2.45, 2.75) is 13.0 Å². The minimum Gasteiger partial charge on any atom is -0.473 e. The van der Waals surface area contributed by atoms with Gasteiger partial charge in [-0.15, -0.1) is 0 Å². The Morgan fingerprint density at radius 2 is 1.66 bits per heavy atom. The van der Waals surface area contributed by atoms with E-state index in [0.29, 0.717) is 12.1 Å². The maximum Gasteiger partial charge on any atom is 0.414 e. The van der Waals surface area contributed by atoms with Gasteiger partial charge in [-0.2, -0.15) is 0 Å². The van der Waals surface area contributed by atoms with Gasteiger partial charge < -0.3 is 30.3 Å². The number of nitrogens with zero attached hydrogens (tertiary/aromatic N) is 2. The summed E-state index contributed by atoms with van der Waals surface area (Å²) in [5, 5.41) is 18.8. The number of aryl methyl sites for hydroxylation is 1. The van der Waals surface area contributed by atoms with Crippen LogP contribution in [0, 0.1) is 6.92 Å². The number of aromatic amines is 1. The molecule has 1 atom stereocenters. The van der Waals surface area contributed by atoms with E-state index in [9.17, 15) is 9.59 Å². The zero-order valence-electron chi connectivity index (χ0n) is 19.7. The lowest BCUT2D eigenvalue weighted by atomic mass is 9.95. The number of aromatic nitrogens is 1. The van der Waals surface area contributed by atoms with Gasteiger partial charge in [-0.1, -0.05) is 36.4 Å². The number of nitrogens with one attached hydrogen (secondary N) is 2. The first kappa shape index (κ1) is 25.4. The van der Waals surface area contributed by atoms with E-state index in [-0.39, 0.29) is 24.4 Å². The molecule has 4 N–H and O–H groups in total. The van der Waals surface area contributed by atoms with Crippen molar-refractivity contribution < 1.29 is 29.4 Å². The number of carboxylic acid groups (broad SMARTS) is 2. The van der Waals surface area contributed by atoms with Crippen molar-refractivity contribution >= 4 is 34.7 Å². The van der Waals surface area contributed by atoms with Crippen molar-refractivity contribution in [3.05, 3.63) is 70.9 Å². The van der Waals surface area contributed by atoms with E-state index in [1.165, 1.54) is 0 Å². The lowest BCUT2D eigenvalue weighted by molar-refractivity contribution is -0.159. The number of hydrogen-bond donors (Lipinski definition) is 4. The lowest BCUT2D eigenvalue weighted by Gasteiger charge is -2.26. The van der Waals surface area contributed by atoms with Gasteiger partial charge in [-0.05, 0) is 38.7 Å². The van der Waals surface area contributed by atoms with Gasteiger partial charge in [0.1, 0.15) is 6.54 Å². The summed E-state index contributed by atoms with van der Waals surface area (Å²) in [4.78, 5) is 51.1. The molecular weight excluding hydrogens is 452 g/mol. The van der Waals surface area contributed by atoms with Crippen molar-refractivity contribution in [1.82, 2.24) is 20.1 Å². The molecule has 1 aliphatic heterocycles. The number of carbonyl (C=O) groups excluding carboxylic acids is 2. The second-order valence-electron chi connectivity index (χ2n) is 8.40. The summed E-state index contributed by atoms with van der Waals surface area (Å²) < 4.78 is 0. The highest BCUT2D eigenvalue weighted by Crippen LogP contribution is 2.42. The first-order chi connectivity index (χ1) is 16.6. The van der Waals surface area contributed by atoms with Crippen LogP contribution in [0.1, 0.15) is 33.2 Å². The highest BCUT2D eigenvalue weighted by atomic mass is 16.4. The Bertz CT molecular complexity index is 1250. The number of benzene rings is 2. The summed E-state index contributed by atoms with van der Waals surface area (Å²) in [7, 11) is 3.92. The number of hydrogen-bond acceptors (Lipinski definition) is 5. The number of para-hydroxylation sites is 1. The Labute approximate surface area is 202 Å². The molecule has 1 unspecified atom stereocenters. The summed E-state index contributed by atoms with van der Waals surface area (Å²) in [5.41, 5.74) is 4.72. The molecule has 2 aromatic carbocycles. The van der Waals surface area contributed by atoms with Gasteiger partial charge in [0.15, 0.2) is 0 Å². The van der Waals surface area contributed by atoms with Crippen molar-refractivity contribution in [3.8, 4) is 0 Å². The van der Waals surface area contributed by atoms with E-state index in [0.717, 1.165) is 34.3 Å². The molecule has 184 valence electrons. The molecule has 10 heteroatoms. The van der Waals surface area contributed by atoms with Crippen molar-refractivity contribution in [2.24, 2.45) is 0 Å². The zero-order valence-corrected chi connectivity index (χ0v) is 19.7. The van der Waals surface area contributed by atoms with Gasteiger partial charge in [0, 0.05) is 40.8 Å². The largest absolute Gasteiger partial charge is 0.473 e. The quantitative estimate of drug-likeness (QED) is 0.394. The van der Waals surface area contributed by atoms with E-state index < -0.39 is 11.9 Å². The van der Waals surface area contributed by atoms with Gasteiger partial charge in [0.05, 0.1) is 6.04 Å². The van der Waals surface area contributed by atoms with Crippen molar-refractivity contribution in [2.75, 3.05) is 33.7 Å². The molecule has 1 aromatic heterocycles. The molecule has 0 aliphatic carbocycles. The van der Waals surface area contributed by atoms with Crippen LogP contribution in [-0.2, 0) is 14.4 Å². The maximum atomic E-state index is 13.2. The normalized spacial score (nSPS) is 14.5. The highest BCUT2D eigenvalue weighted by molar-refractivity contribution is 6.27. The van der Waals surface area contributed by atoms with Crippen LogP contribution in [0.25, 0.3) is 10.9 Å². The summed E-state index contributed by atoms with van der Waals surface area (Å²) in [6.07, 6.45) is 0. The van der Waals surface area contributed by atoms with E-state index in [1.807, 2.05) is 68.4 Å². The fourth-order valence-corrected chi connectivity index (χ4v) is 4.12. The summed E-state index contributed by atoms with van der Waals surface area (Å²) in [6.45, 7) is 3.36. The predicted molar refractivity (Wildman–Crippen MR) is 129 cm³/mol. The molecule has 0 saturated heterocycles. The van der Waals surface area contributed by atoms with E-state index in [4.69, 9.17) is 19.8 Å². The van der Waals surface area contributed by atoms with Gasteiger partial charge in [-0.25, -0.2) is 9.59 Å². The molecule has 2 amide bonds. The maximum absolute atomic E-state index is 13.2. The second-order valence-corrected chi connectivity index (χ2v) is 8.40. The number of aliphatic carboxylic acids is 2. The van der Waals surface area contributed by atoms with Crippen LogP contribution < -0.4 is 5.32 Å². The van der Waals surface area contributed by atoms with Gasteiger partial charge >= 0.3 is 11.9 Å². The zero-order chi connectivity index (χ0) is 25.7. The molecule has 2 heterocycles. The van der Waals surface area contributed by atoms with Crippen molar-refractivity contribution in [1.29, 1.82) is 0 Å². The van der Waals surface area contributed by atoms with Gasteiger partial charge in [0.2, 0.25) is 5.91 Å². The minimum atomic E-state index is -1.82. The Balaban J connectivity index is 0.000000509. The number of fused-ring (bicyclic) bond motifs is 2. The number of carboxylic acids is 2. The number of rotatable bonds is 6. The molecule has 1 aliphatic rings. The third kappa shape index (κ3) is 5.67. The summed E-state index contributed by atoms with van der Waals surface area (Å²) in [5.74, 6) is -3.89. The van der Waals surface area contributed by atoms with Crippen molar-refractivity contribution in [3.63, 3.8) is 0 Å². The Hall–Kier alpha value is -4.18. The number of amides is 2. The fraction of sp³-hybridized carbons (Fsp3) is 0.280. The first-order valence-corrected chi connectivity index (χ1v) is 11.0. The number of likely N-dealkylation sites (N-methyl/N-ethyl adjacent to an activating group) is 1. The third-order valence-corrected chi connectivity index (χ3v) is 5.65. The monoisotopic (exact) mass is 480 g/mol. The van der Waals surface area contributed by atoms with E-state index in [2.05, 4.69) is 16.4 Å². The summed E-state index contributed by atoms with van der Waals surface area (Å²) in [6, 6.07) is 15.5. The van der Waals surface area contributed by atoms with Crippen LogP contribution in [0.2, 0.25) is 0 Å². The molecule has 4 rings (SSSR count). The van der Waals surface area contributed by atoms with Crippen LogP contribution in [0.15, 0.2) is 48.5 Å². The SMILES string of the molecule is Cc1[nH]c2ccccc2c1C1c2ccccc2C(=O)N1CC(=O)NCCN(C)C.O=C(O)C(=O)O. The van der Waals surface area contributed by atoms with Gasteiger partial charge in [0.25, 0.3) is 5.91 Å². The van der Waals surface area contributed by atoms with Gasteiger partial charge in [-0.3, -0.25) is 9.59 Å². The molecule has 0 fully saturated rings. The average molecular weight is 481 g/mol. The van der Waals surface area contributed by atoms with Crippen LogP contribution in [0.3, 0.4) is 0 Å². The smallest absolute Gasteiger partial charge is 0.414 e. The molecule has 3 aromatic rings. The minimum absolute atomic E-state index is 0.0323. The summed E-state index contributed by atoms with van der Waals surface area (Å²) >= 11 is 0. The predicted octanol–water partition coefficient (Wildman–Crippen LogP) is 1.85. The Morgan fingerprint density at radius 1 is 1.03 bits per heavy atom. The first-order valence-electron chi connectivity index (χ1n) is 11.0. The standard InChI is InChI=1S/C23H26N4O2.C2H2O4/c1-15-21(18-10-6-7-11-19(18)25-15)22-16-8-4-5-9-17(16)23(29)27(22)14-20(28)24-12-13-26(2)3;3-1(4)2(5)6/h4-11,22,25H,12-14H2,1-3H3,(H,24,28);(H,3,4)(H,5,6). The molecule has 0 spiro atoms. The molecule has 35 heavy (non-hydrogen) atoms. The van der Waals surface area contributed by atoms with E-state index >= 15 is 0 Å². The van der Waals surface area contributed by atoms with Crippen LogP contribution >= 0.6 is 0 Å². The van der Waals surface area contributed by atoms with Crippen LogP contribution in [-0.4, -0.2) is 82.5 Å². The number of H-pyrrole nitrogens is 1. The topological polar surface area (TPSA) is 143 Å². The lowest BCUT2D eigenvalue weighted by Crippen LogP contribution is -2.41. The Morgan fingerprint density at radius 3 is 2.31 bits per heavy atom.